The van der Waals surface area contributed by atoms with Crippen LogP contribution < -0.4 is 5.32 Å². The summed E-state index contributed by atoms with van der Waals surface area (Å²) >= 11 is 0. The van der Waals surface area contributed by atoms with Gasteiger partial charge >= 0.3 is 0 Å². The number of hydrogen-bond acceptors (Lipinski definition) is 2. The monoisotopic (exact) mass is 298 g/mol. The van der Waals surface area contributed by atoms with Crippen LogP contribution in [0.25, 0.3) is 21.8 Å². The van der Waals surface area contributed by atoms with E-state index in [9.17, 15) is 4.79 Å². The number of nitrogens with one attached hydrogen (secondary N) is 1. The molecule has 1 N–H and O–H groups in total. The first-order valence-electron chi connectivity index (χ1n) is 7.46. The van der Waals surface area contributed by atoms with Crippen molar-refractivity contribution in [2.45, 2.75) is 0 Å². The molecule has 0 radical (unpaired) electrons. The minimum atomic E-state index is -0.119. The van der Waals surface area contributed by atoms with Gasteiger partial charge in [-0.05, 0) is 36.4 Å². The molecule has 3 heteroatoms. The molecule has 0 aliphatic rings. The van der Waals surface area contributed by atoms with Crippen molar-refractivity contribution in [3.8, 4) is 0 Å². The normalized spacial score (nSPS) is 10.8. The summed E-state index contributed by atoms with van der Waals surface area (Å²) in [5.74, 6) is -0.119. The number of nitrogens with zero attached hydrogens (tertiary/aromatic N) is 1. The summed E-state index contributed by atoms with van der Waals surface area (Å²) in [5.41, 5.74) is 3.23. The minimum absolute atomic E-state index is 0.119. The average Bonchev–Trinajstić information content (AvgIpc) is 2.61. The van der Waals surface area contributed by atoms with Gasteiger partial charge in [-0.15, -0.1) is 0 Å². The van der Waals surface area contributed by atoms with Gasteiger partial charge in [0.15, 0.2) is 0 Å². The number of carbonyl (C=O) groups is 1. The van der Waals surface area contributed by atoms with Crippen molar-refractivity contribution in [1.82, 2.24) is 4.98 Å². The smallest absolute Gasteiger partial charge is 0.255 e. The van der Waals surface area contributed by atoms with E-state index in [0.717, 1.165) is 27.5 Å². The second-order valence-corrected chi connectivity index (χ2v) is 5.37. The maximum atomic E-state index is 12.4. The molecule has 0 saturated carbocycles. The molecule has 0 bridgehead atoms. The van der Waals surface area contributed by atoms with E-state index in [1.54, 1.807) is 12.1 Å². The zero-order valence-corrected chi connectivity index (χ0v) is 12.4. The molecule has 4 rings (SSSR count). The van der Waals surface area contributed by atoms with Crippen LogP contribution in [0.5, 0.6) is 0 Å². The Labute approximate surface area is 133 Å². The van der Waals surface area contributed by atoms with Crippen LogP contribution in [0.2, 0.25) is 0 Å². The number of amides is 1. The van der Waals surface area contributed by atoms with Crippen LogP contribution in [0.1, 0.15) is 10.4 Å². The summed E-state index contributed by atoms with van der Waals surface area (Å²) in [5, 5.41) is 4.98. The summed E-state index contributed by atoms with van der Waals surface area (Å²) in [6.07, 6.45) is 0. The molecule has 0 atom stereocenters. The molecule has 23 heavy (non-hydrogen) atoms. The van der Waals surface area contributed by atoms with Gasteiger partial charge in [0.05, 0.1) is 16.7 Å². The summed E-state index contributed by atoms with van der Waals surface area (Å²) in [7, 11) is 0. The molecule has 1 heterocycles. The SMILES string of the molecule is O=C(Nc1cccc2nc3ccccc3cc12)c1ccccc1. The Morgan fingerprint density at radius 1 is 0.783 bits per heavy atom. The van der Waals surface area contributed by atoms with Gasteiger partial charge in [-0.2, -0.15) is 0 Å². The predicted octanol–water partition coefficient (Wildman–Crippen LogP) is 4.64. The van der Waals surface area contributed by atoms with Crippen molar-refractivity contribution in [3.63, 3.8) is 0 Å². The Balaban J connectivity index is 1.80. The fraction of sp³-hybridized carbons (Fsp3) is 0. The standard InChI is InChI=1S/C20H14N2O/c23-20(14-7-2-1-3-8-14)22-19-12-6-11-18-16(19)13-15-9-4-5-10-17(15)21-18/h1-13H,(H,22,23). The van der Waals surface area contributed by atoms with Crippen molar-refractivity contribution >= 4 is 33.4 Å². The van der Waals surface area contributed by atoms with Gasteiger partial charge in [-0.3, -0.25) is 4.79 Å². The Kier molecular flexibility index (Phi) is 3.24. The largest absolute Gasteiger partial charge is 0.321 e. The van der Waals surface area contributed by atoms with Crippen molar-refractivity contribution in [2.24, 2.45) is 0 Å². The highest BCUT2D eigenvalue weighted by molar-refractivity contribution is 6.10. The predicted molar refractivity (Wildman–Crippen MR) is 93.6 cm³/mol. The summed E-state index contributed by atoms with van der Waals surface area (Å²) < 4.78 is 0. The lowest BCUT2D eigenvalue weighted by Crippen LogP contribution is -2.11. The summed E-state index contributed by atoms with van der Waals surface area (Å²) in [4.78, 5) is 17.1. The van der Waals surface area contributed by atoms with E-state index in [-0.39, 0.29) is 5.91 Å². The highest BCUT2D eigenvalue weighted by Crippen LogP contribution is 2.26. The first-order valence-corrected chi connectivity index (χ1v) is 7.46. The topological polar surface area (TPSA) is 42.0 Å². The van der Waals surface area contributed by atoms with Crippen LogP contribution in [0, 0.1) is 0 Å². The number of para-hydroxylation sites is 1. The van der Waals surface area contributed by atoms with E-state index in [2.05, 4.69) is 16.4 Å². The van der Waals surface area contributed by atoms with Crippen LogP contribution in [-0.4, -0.2) is 10.9 Å². The number of fused-ring (bicyclic) bond motifs is 2. The van der Waals surface area contributed by atoms with Gasteiger partial charge < -0.3 is 5.32 Å². The third-order valence-corrected chi connectivity index (χ3v) is 3.84. The first-order chi connectivity index (χ1) is 11.3. The number of carbonyl (C=O) groups excluding carboxylic acids is 1. The molecular formula is C20H14N2O. The summed E-state index contributed by atoms with van der Waals surface area (Å²) in [6, 6.07) is 25.0. The van der Waals surface area contributed by atoms with Crippen molar-refractivity contribution in [2.75, 3.05) is 5.32 Å². The molecule has 1 aromatic heterocycles. The maximum Gasteiger partial charge on any atom is 0.255 e. The molecular weight excluding hydrogens is 284 g/mol. The second kappa shape index (κ2) is 5.54. The number of hydrogen-bond donors (Lipinski definition) is 1. The van der Waals surface area contributed by atoms with E-state index in [1.165, 1.54) is 0 Å². The van der Waals surface area contributed by atoms with Gasteiger partial charge in [0.1, 0.15) is 0 Å². The van der Waals surface area contributed by atoms with Gasteiger partial charge in [-0.25, -0.2) is 4.98 Å². The lowest BCUT2D eigenvalue weighted by atomic mass is 10.1. The number of aromatic nitrogens is 1. The number of rotatable bonds is 2. The van der Waals surface area contributed by atoms with Crippen LogP contribution >= 0.6 is 0 Å². The quantitative estimate of drug-likeness (QED) is 0.548. The first kappa shape index (κ1) is 13.5. The molecule has 3 aromatic carbocycles. The highest BCUT2D eigenvalue weighted by atomic mass is 16.1. The lowest BCUT2D eigenvalue weighted by Gasteiger charge is -2.09. The molecule has 0 unspecified atom stereocenters. The molecule has 1 amide bonds. The Bertz CT molecular complexity index is 1010. The fourth-order valence-corrected chi connectivity index (χ4v) is 2.69. The Hall–Kier alpha value is -3.20. The summed E-state index contributed by atoms with van der Waals surface area (Å²) in [6.45, 7) is 0. The van der Waals surface area contributed by atoms with Crippen molar-refractivity contribution in [3.05, 3.63) is 84.4 Å². The zero-order chi connectivity index (χ0) is 15.6. The minimum Gasteiger partial charge on any atom is -0.321 e. The van der Waals surface area contributed by atoms with E-state index in [4.69, 9.17) is 0 Å². The number of anilines is 1. The molecule has 0 aliphatic carbocycles. The number of pyridine rings is 1. The van der Waals surface area contributed by atoms with Gasteiger partial charge in [-0.1, -0.05) is 42.5 Å². The van der Waals surface area contributed by atoms with Crippen LogP contribution in [0.15, 0.2) is 78.9 Å². The molecule has 0 fully saturated rings. The van der Waals surface area contributed by atoms with Gasteiger partial charge in [0.25, 0.3) is 5.91 Å². The third kappa shape index (κ3) is 2.53. The maximum absolute atomic E-state index is 12.4. The van der Waals surface area contributed by atoms with E-state index < -0.39 is 0 Å². The highest BCUT2D eigenvalue weighted by Gasteiger charge is 2.09. The molecule has 0 spiro atoms. The van der Waals surface area contributed by atoms with Crippen LogP contribution in [0.4, 0.5) is 5.69 Å². The second-order valence-electron chi connectivity index (χ2n) is 5.37. The van der Waals surface area contributed by atoms with E-state index in [0.29, 0.717) is 5.56 Å². The van der Waals surface area contributed by atoms with E-state index in [1.807, 2.05) is 60.7 Å². The molecule has 110 valence electrons. The molecule has 4 aromatic rings. The molecule has 0 saturated heterocycles. The Morgan fingerprint density at radius 3 is 2.39 bits per heavy atom. The van der Waals surface area contributed by atoms with E-state index >= 15 is 0 Å². The van der Waals surface area contributed by atoms with Crippen molar-refractivity contribution < 1.29 is 4.79 Å². The fourth-order valence-electron chi connectivity index (χ4n) is 2.69. The number of benzene rings is 3. The molecule has 3 nitrogen and oxygen atoms in total. The third-order valence-electron chi connectivity index (χ3n) is 3.84. The molecule has 0 aliphatic heterocycles. The Morgan fingerprint density at radius 2 is 1.52 bits per heavy atom. The lowest BCUT2D eigenvalue weighted by molar-refractivity contribution is 0.102. The van der Waals surface area contributed by atoms with Crippen molar-refractivity contribution in [1.29, 1.82) is 0 Å². The van der Waals surface area contributed by atoms with Gasteiger partial charge in [0.2, 0.25) is 0 Å². The van der Waals surface area contributed by atoms with Crippen LogP contribution in [-0.2, 0) is 0 Å². The van der Waals surface area contributed by atoms with Gasteiger partial charge in [0, 0.05) is 16.3 Å². The van der Waals surface area contributed by atoms with Crippen LogP contribution in [0.3, 0.4) is 0 Å². The zero-order valence-electron chi connectivity index (χ0n) is 12.4. The average molecular weight is 298 g/mol.